The van der Waals surface area contributed by atoms with Crippen LogP contribution in [0.3, 0.4) is 0 Å². The quantitative estimate of drug-likeness (QED) is 0.297. The average molecular weight is 514 g/mol. The van der Waals surface area contributed by atoms with Gasteiger partial charge in [0.1, 0.15) is 17.5 Å². The molecular weight excluding hydrogens is 485 g/mol. The molecule has 0 radical (unpaired) electrons. The van der Waals surface area contributed by atoms with Crippen molar-refractivity contribution in [2.45, 2.75) is 45.3 Å². The molecule has 196 valence electrons. The van der Waals surface area contributed by atoms with E-state index < -0.39 is 16.3 Å². The van der Waals surface area contributed by atoms with Crippen LogP contribution in [-0.2, 0) is 4.74 Å². The van der Waals surface area contributed by atoms with Gasteiger partial charge in [0.25, 0.3) is 5.69 Å². The summed E-state index contributed by atoms with van der Waals surface area (Å²) in [4.78, 5) is 28.6. The van der Waals surface area contributed by atoms with Crippen molar-refractivity contribution in [3.05, 3.63) is 58.5 Å². The van der Waals surface area contributed by atoms with Crippen LogP contribution in [0.2, 0.25) is 0 Å². The molecule has 1 aliphatic heterocycles. The zero-order valence-corrected chi connectivity index (χ0v) is 21.0. The number of carbonyl (C=O) groups is 1. The van der Waals surface area contributed by atoms with Crippen LogP contribution in [0.1, 0.15) is 33.6 Å². The van der Waals surface area contributed by atoms with Crippen molar-refractivity contribution in [3.8, 4) is 23.0 Å². The smallest absolute Gasteiger partial charge is 0.410 e. The van der Waals surface area contributed by atoms with Gasteiger partial charge in [0.2, 0.25) is 0 Å². The van der Waals surface area contributed by atoms with Gasteiger partial charge in [0.05, 0.1) is 23.6 Å². The number of nitrogens with zero attached hydrogens (tertiary/aromatic N) is 3. The second kappa shape index (κ2) is 10.5. The lowest BCUT2D eigenvalue weighted by Gasteiger charge is -2.33. The summed E-state index contributed by atoms with van der Waals surface area (Å²) in [5.74, 6) is 0.201. The minimum Gasteiger partial charge on any atom is -0.493 e. The van der Waals surface area contributed by atoms with Gasteiger partial charge in [-0.25, -0.2) is 9.18 Å². The first-order valence-electron chi connectivity index (χ1n) is 11.8. The molecule has 0 atom stereocenters. The van der Waals surface area contributed by atoms with E-state index in [1.165, 1.54) is 25.4 Å². The van der Waals surface area contributed by atoms with Crippen molar-refractivity contribution in [2.75, 3.05) is 20.2 Å². The number of ether oxygens (including phenoxy) is 4. The summed E-state index contributed by atoms with van der Waals surface area (Å²) >= 11 is 0. The summed E-state index contributed by atoms with van der Waals surface area (Å²) in [5, 5.41) is 11.4. The molecule has 11 heteroatoms. The molecule has 0 bridgehead atoms. The van der Waals surface area contributed by atoms with Gasteiger partial charge in [-0.05, 0) is 39.0 Å². The number of carbonyl (C=O) groups excluding carboxylic acids is 1. The first-order valence-corrected chi connectivity index (χ1v) is 11.8. The van der Waals surface area contributed by atoms with E-state index in [0.717, 1.165) is 6.07 Å². The summed E-state index contributed by atoms with van der Waals surface area (Å²) in [6.45, 7) is 6.51. The molecular formula is C26H28FN3O7. The summed E-state index contributed by atoms with van der Waals surface area (Å²) in [6, 6.07) is 8.15. The molecule has 0 aliphatic carbocycles. The van der Waals surface area contributed by atoms with Crippen LogP contribution in [0.15, 0.2) is 42.6 Å². The molecule has 1 fully saturated rings. The van der Waals surface area contributed by atoms with Crippen LogP contribution in [0, 0.1) is 15.9 Å². The van der Waals surface area contributed by atoms with Gasteiger partial charge in [0.15, 0.2) is 23.1 Å². The van der Waals surface area contributed by atoms with Gasteiger partial charge < -0.3 is 23.8 Å². The molecule has 1 saturated heterocycles. The Kier molecular flexibility index (Phi) is 7.33. The molecule has 0 unspecified atom stereocenters. The minimum atomic E-state index is -0.858. The molecule has 2 heterocycles. The lowest BCUT2D eigenvalue weighted by atomic mass is 10.1. The molecule has 0 N–H and O–H groups in total. The second-order valence-electron chi connectivity index (χ2n) is 9.59. The third-order valence-corrected chi connectivity index (χ3v) is 5.72. The van der Waals surface area contributed by atoms with Crippen molar-refractivity contribution in [1.29, 1.82) is 0 Å². The van der Waals surface area contributed by atoms with E-state index in [1.54, 1.807) is 23.1 Å². The van der Waals surface area contributed by atoms with E-state index in [4.69, 9.17) is 18.9 Å². The van der Waals surface area contributed by atoms with Gasteiger partial charge >= 0.3 is 6.09 Å². The van der Waals surface area contributed by atoms with E-state index in [2.05, 4.69) is 4.98 Å². The lowest BCUT2D eigenvalue weighted by molar-refractivity contribution is -0.385. The fourth-order valence-corrected chi connectivity index (χ4v) is 3.94. The molecule has 1 amide bonds. The summed E-state index contributed by atoms with van der Waals surface area (Å²) in [5.41, 5.74) is -0.394. The Hall–Kier alpha value is -4.15. The van der Waals surface area contributed by atoms with Gasteiger partial charge in [-0.15, -0.1) is 0 Å². The van der Waals surface area contributed by atoms with Crippen LogP contribution in [0.5, 0.6) is 23.0 Å². The minimum absolute atomic E-state index is 0.140. The summed E-state index contributed by atoms with van der Waals surface area (Å²) < 4.78 is 37.3. The van der Waals surface area contributed by atoms with Crippen molar-refractivity contribution >= 4 is 22.7 Å². The van der Waals surface area contributed by atoms with Crippen LogP contribution >= 0.6 is 0 Å². The number of nitro groups is 1. The first kappa shape index (κ1) is 25.9. The monoisotopic (exact) mass is 513 g/mol. The van der Waals surface area contributed by atoms with Gasteiger partial charge in [-0.1, -0.05) is 0 Å². The van der Waals surface area contributed by atoms with Crippen LogP contribution in [-0.4, -0.2) is 52.8 Å². The van der Waals surface area contributed by atoms with Crippen molar-refractivity contribution in [2.24, 2.45) is 0 Å². The van der Waals surface area contributed by atoms with Gasteiger partial charge in [-0.3, -0.25) is 15.1 Å². The summed E-state index contributed by atoms with van der Waals surface area (Å²) in [6.07, 6.45) is 2.28. The van der Waals surface area contributed by atoms with Crippen LogP contribution in [0.4, 0.5) is 14.9 Å². The number of non-ortho nitro benzene ring substituents is 1. The number of hydrogen-bond acceptors (Lipinski definition) is 8. The predicted octanol–water partition coefficient (Wildman–Crippen LogP) is 5.86. The Balaban J connectivity index is 1.51. The topological polar surface area (TPSA) is 113 Å². The van der Waals surface area contributed by atoms with E-state index in [0.29, 0.717) is 54.1 Å². The SMILES string of the molecule is COc1cc2c(Oc3ccc([N+](=O)[O-])cc3F)ccnc2cc1OC1CCN(C(=O)OC(C)(C)C)CC1. The highest BCUT2D eigenvalue weighted by Gasteiger charge is 2.28. The molecule has 1 aromatic heterocycles. The Morgan fingerprint density at radius 2 is 1.81 bits per heavy atom. The van der Waals surface area contributed by atoms with E-state index in [-0.39, 0.29) is 23.6 Å². The number of hydrogen-bond donors (Lipinski definition) is 0. The number of piperidine rings is 1. The highest BCUT2D eigenvalue weighted by Crippen LogP contribution is 2.39. The first-order chi connectivity index (χ1) is 17.5. The Labute approximate surface area is 213 Å². The van der Waals surface area contributed by atoms with Crippen LogP contribution < -0.4 is 14.2 Å². The summed E-state index contributed by atoms with van der Waals surface area (Å²) in [7, 11) is 1.51. The van der Waals surface area contributed by atoms with Crippen molar-refractivity contribution in [3.63, 3.8) is 0 Å². The predicted molar refractivity (Wildman–Crippen MR) is 133 cm³/mol. The molecule has 2 aromatic carbocycles. The van der Waals surface area contributed by atoms with Gasteiger partial charge in [0, 0.05) is 49.6 Å². The number of benzene rings is 2. The molecule has 10 nitrogen and oxygen atoms in total. The number of aromatic nitrogens is 1. The Morgan fingerprint density at radius 3 is 2.43 bits per heavy atom. The van der Waals surface area contributed by atoms with Crippen molar-refractivity contribution in [1.82, 2.24) is 9.88 Å². The fourth-order valence-electron chi connectivity index (χ4n) is 3.94. The number of fused-ring (bicyclic) bond motifs is 1. The van der Waals surface area contributed by atoms with E-state index in [1.807, 2.05) is 20.8 Å². The second-order valence-corrected chi connectivity index (χ2v) is 9.59. The molecule has 37 heavy (non-hydrogen) atoms. The number of amides is 1. The number of methoxy groups -OCH3 is 1. The standard InChI is InChI=1S/C26H28FN3O7/c1-26(2,3)37-25(31)29-11-8-17(9-12-29)35-24-15-20-18(14-23(24)34-4)21(7-10-28-20)36-22-6-5-16(30(32)33)13-19(22)27/h5-7,10,13-15,17H,8-9,11-12H2,1-4H3. The molecule has 3 aromatic rings. The largest absolute Gasteiger partial charge is 0.493 e. The van der Waals surface area contributed by atoms with Crippen molar-refractivity contribution < 1.29 is 33.1 Å². The number of nitro benzene ring substituents is 1. The number of likely N-dealkylation sites (tertiary alicyclic amines) is 1. The molecule has 0 spiro atoms. The lowest BCUT2D eigenvalue weighted by Crippen LogP contribution is -2.44. The number of pyridine rings is 1. The average Bonchev–Trinajstić information content (AvgIpc) is 2.84. The maximum atomic E-state index is 14.4. The number of rotatable bonds is 6. The Bertz CT molecular complexity index is 1320. The maximum absolute atomic E-state index is 14.4. The Morgan fingerprint density at radius 1 is 1.08 bits per heavy atom. The van der Waals surface area contributed by atoms with Crippen LogP contribution in [0.25, 0.3) is 10.9 Å². The van der Waals surface area contributed by atoms with Gasteiger partial charge in [-0.2, -0.15) is 0 Å². The number of halogens is 1. The highest BCUT2D eigenvalue weighted by molar-refractivity contribution is 5.88. The normalized spacial score (nSPS) is 14.4. The third kappa shape index (κ3) is 6.16. The third-order valence-electron chi connectivity index (χ3n) is 5.72. The molecule has 0 saturated carbocycles. The zero-order chi connectivity index (χ0) is 26.7. The highest BCUT2D eigenvalue weighted by atomic mass is 19.1. The fraction of sp³-hybridized carbons (Fsp3) is 0.385. The van der Waals surface area contributed by atoms with E-state index >= 15 is 0 Å². The van der Waals surface area contributed by atoms with E-state index in [9.17, 15) is 19.3 Å². The molecule has 4 rings (SSSR count). The molecule has 1 aliphatic rings. The zero-order valence-electron chi connectivity index (χ0n) is 21.0. The maximum Gasteiger partial charge on any atom is 0.410 e.